The Morgan fingerprint density at radius 3 is 2.71 bits per heavy atom. The second-order valence-corrected chi connectivity index (χ2v) is 5.54. The van der Waals surface area contributed by atoms with Crippen molar-refractivity contribution in [2.75, 3.05) is 25.5 Å². The summed E-state index contributed by atoms with van der Waals surface area (Å²) in [6.45, 7) is 1.19. The van der Waals surface area contributed by atoms with Crippen LogP contribution in [0.1, 0.15) is 37.3 Å². The third kappa shape index (κ3) is 2.06. The predicted molar refractivity (Wildman–Crippen MR) is 72.5 cm³/mol. The van der Waals surface area contributed by atoms with E-state index in [9.17, 15) is 0 Å². The Bertz CT molecular complexity index is 398. The first kappa shape index (κ1) is 11.1. The highest BCUT2D eigenvalue weighted by Gasteiger charge is 2.33. The highest BCUT2D eigenvalue weighted by molar-refractivity contribution is 5.55. The topological polar surface area (TPSA) is 6.48 Å². The van der Waals surface area contributed by atoms with Crippen molar-refractivity contribution in [2.24, 2.45) is 0 Å². The molecule has 92 valence electrons. The van der Waals surface area contributed by atoms with E-state index in [1.54, 1.807) is 0 Å². The number of hydrogen-bond acceptors (Lipinski definition) is 2. The van der Waals surface area contributed by atoms with Gasteiger partial charge in [0.2, 0.25) is 0 Å². The van der Waals surface area contributed by atoms with Crippen molar-refractivity contribution in [3.63, 3.8) is 0 Å². The number of benzene rings is 1. The molecule has 3 rings (SSSR count). The molecule has 2 nitrogen and oxygen atoms in total. The quantitative estimate of drug-likeness (QED) is 0.770. The lowest BCUT2D eigenvalue weighted by Crippen LogP contribution is -2.26. The first-order valence-electron chi connectivity index (χ1n) is 6.79. The fraction of sp³-hybridized carbons (Fsp3) is 0.600. The zero-order valence-electron chi connectivity index (χ0n) is 10.9. The maximum Gasteiger partial charge on any atom is 0.0412 e. The second kappa shape index (κ2) is 4.34. The first-order chi connectivity index (χ1) is 8.27. The van der Waals surface area contributed by atoms with Crippen molar-refractivity contribution >= 4 is 5.69 Å². The van der Waals surface area contributed by atoms with E-state index in [0.717, 1.165) is 6.04 Å². The van der Waals surface area contributed by atoms with Crippen molar-refractivity contribution in [2.45, 2.75) is 37.8 Å². The van der Waals surface area contributed by atoms with Gasteiger partial charge in [0.15, 0.2) is 0 Å². The molecule has 1 aromatic rings. The summed E-state index contributed by atoms with van der Waals surface area (Å²) in [6.07, 6.45) is 5.39. The van der Waals surface area contributed by atoms with Crippen LogP contribution >= 0.6 is 0 Å². The molecule has 0 spiro atoms. The molecule has 1 aromatic carbocycles. The number of para-hydroxylation sites is 1. The van der Waals surface area contributed by atoms with E-state index < -0.39 is 0 Å². The monoisotopic (exact) mass is 230 g/mol. The fourth-order valence-electron chi connectivity index (χ4n) is 3.07. The van der Waals surface area contributed by atoms with Crippen LogP contribution in [0, 0.1) is 0 Å². The van der Waals surface area contributed by atoms with E-state index in [1.165, 1.54) is 43.5 Å². The lowest BCUT2D eigenvalue weighted by Gasteiger charge is -2.29. The summed E-state index contributed by atoms with van der Waals surface area (Å²) >= 11 is 0. The van der Waals surface area contributed by atoms with Crippen LogP contribution in [0.3, 0.4) is 0 Å². The van der Waals surface area contributed by atoms with Gasteiger partial charge in [-0.25, -0.2) is 0 Å². The minimum Gasteiger partial charge on any atom is -0.374 e. The second-order valence-electron chi connectivity index (χ2n) is 5.54. The number of anilines is 1. The summed E-state index contributed by atoms with van der Waals surface area (Å²) < 4.78 is 0. The summed E-state index contributed by atoms with van der Waals surface area (Å²) in [4.78, 5) is 5.02. The van der Waals surface area contributed by atoms with Crippen LogP contribution in [0.2, 0.25) is 0 Å². The Balaban J connectivity index is 1.96. The highest BCUT2D eigenvalue weighted by atomic mass is 15.2. The van der Waals surface area contributed by atoms with E-state index >= 15 is 0 Å². The van der Waals surface area contributed by atoms with Gasteiger partial charge in [-0.2, -0.15) is 0 Å². The van der Waals surface area contributed by atoms with Crippen LogP contribution in [-0.2, 0) is 0 Å². The van der Waals surface area contributed by atoms with E-state index in [2.05, 4.69) is 48.2 Å². The number of fused-ring (bicyclic) bond motifs is 1. The SMILES string of the molecule is CN1CCCC(N(C)C2CC2)c2ccccc21. The lowest BCUT2D eigenvalue weighted by molar-refractivity contribution is 0.223. The highest BCUT2D eigenvalue weighted by Crippen LogP contribution is 2.40. The Hall–Kier alpha value is -1.02. The minimum atomic E-state index is 0.628. The van der Waals surface area contributed by atoms with Crippen LogP contribution in [0.4, 0.5) is 5.69 Å². The van der Waals surface area contributed by atoms with Gasteiger partial charge in [0.05, 0.1) is 0 Å². The molecular weight excluding hydrogens is 208 g/mol. The van der Waals surface area contributed by atoms with Crippen molar-refractivity contribution in [3.05, 3.63) is 29.8 Å². The van der Waals surface area contributed by atoms with Gasteiger partial charge in [-0.15, -0.1) is 0 Å². The van der Waals surface area contributed by atoms with Crippen LogP contribution in [0.5, 0.6) is 0 Å². The van der Waals surface area contributed by atoms with Crippen LogP contribution in [0.25, 0.3) is 0 Å². The summed E-state index contributed by atoms with van der Waals surface area (Å²) in [5.74, 6) is 0. The number of nitrogens with zero attached hydrogens (tertiary/aromatic N) is 2. The Labute approximate surface area is 104 Å². The van der Waals surface area contributed by atoms with E-state index in [0.29, 0.717) is 6.04 Å². The third-order valence-corrected chi connectivity index (χ3v) is 4.29. The Morgan fingerprint density at radius 1 is 1.18 bits per heavy atom. The van der Waals surface area contributed by atoms with Crippen molar-refractivity contribution in [1.29, 1.82) is 0 Å². The van der Waals surface area contributed by atoms with Gasteiger partial charge in [0.25, 0.3) is 0 Å². The molecular formula is C15H22N2. The van der Waals surface area contributed by atoms with Gasteiger partial charge in [0.1, 0.15) is 0 Å². The average Bonchev–Trinajstić information content (AvgIpc) is 3.17. The molecule has 0 amide bonds. The molecule has 1 fully saturated rings. The summed E-state index contributed by atoms with van der Waals surface area (Å²) in [5.41, 5.74) is 2.96. The normalized spacial score (nSPS) is 24.6. The third-order valence-electron chi connectivity index (χ3n) is 4.29. The van der Waals surface area contributed by atoms with Crippen LogP contribution in [0.15, 0.2) is 24.3 Å². The Morgan fingerprint density at radius 2 is 1.94 bits per heavy atom. The minimum absolute atomic E-state index is 0.628. The summed E-state index contributed by atoms with van der Waals surface area (Å²) in [7, 11) is 4.53. The van der Waals surface area contributed by atoms with Gasteiger partial charge in [-0.05, 0) is 44.4 Å². The molecule has 1 saturated carbocycles. The molecule has 0 aromatic heterocycles. The van der Waals surface area contributed by atoms with Gasteiger partial charge in [0, 0.05) is 31.4 Å². The molecule has 0 radical (unpaired) electrons. The Kier molecular flexibility index (Phi) is 2.83. The van der Waals surface area contributed by atoms with Gasteiger partial charge >= 0.3 is 0 Å². The largest absolute Gasteiger partial charge is 0.374 e. The molecule has 1 atom stereocenters. The lowest BCUT2D eigenvalue weighted by atomic mass is 10.0. The molecule has 2 heteroatoms. The van der Waals surface area contributed by atoms with Gasteiger partial charge in [-0.1, -0.05) is 18.2 Å². The van der Waals surface area contributed by atoms with Crippen molar-refractivity contribution < 1.29 is 0 Å². The molecule has 0 bridgehead atoms. The molecule has 0 saturated heterocycles. The predicted octanol–water partition coefficient (Wildman–Crippen LogP) is 3.05. The standard InChI is InChI=1S/C15H22N2/c1-16-11-5-8-15(17(2)12-9-10-12)13-6-3-4-7-14(13)16/h3-4,6-7,12,15H,5,8-11H2,1-2H3. The van der Waals surface area contributed by atoms with Gasteiger partial charge < -0.3 is 4.90 Å². The van der Waals surface area contributed by atoms with E-state index in [4.69, 9.17) is 0 Å². The summed E-state index contributed by atoms with van der Waals surface area (Å²) in [6, 6.07) is 10.4. The maximum atomic E-state index is 2.61. The average molecular weight is 230 g/mol. The molecule has 1 unspecified atom stereocenters. The van der Waals surface area contributed by atoms with Crippen LogP contribution < -0.4 is 4.90 Å². The molecule has 1 heterocycles. The van der Waals surface area contributed by atoms with E-state index in [-0.39, 0.29) is 0 Å². The van der Waals surface area contributed by atoms with Crippen molar-refractivity contribution in [3.8, 4) is 0 Å². The number of hydrogen-bond donors (Lipinski definition) is 0. The zero-order chi connectivity index (χ0) is 11.8. The fourth-order valence-corrected chi connectivity index (χ4v) is 3.07. The zero-order valence-corrected chi connectivity index (χ0v) is 10.9. The van der Waals surface area contributed by atoms with Crippen LogP contribution in [-0.4, -0.2) is 31.6 Å². The molecule has 1 aliphatic carbocycles. The first-order valence-corrected chi connectivity index (χ1v) is 6.79. The van der Waals surface area contributed by atoms with Gasteiger partial charge in [-0.3, -0.25) is 4.90 Å². The van der Waals surface area contributed by atoms with E-state index in [1.807, 2.05) is 0 Å². The van der Waals surface area contributed by atoms with Crippen molar-refractivity contribution in [1.82, 2.24) is 4.90 Å². The molecule has 0 N–H and O–H groups in total. The molecule has 1 aliphatic heterocycles. The summed E-state index contributed by atoms with van der Waals surface area (Å²) in [5, 5.41) is 0. The molecule has 2 aliphatic rings. The smallest absolute Gasteiger partial charge is 0.0412 e. The number of rotatable bonds is 2. The molecule has 17 heavy (non-hydrogen) atoms. The maximum absolute atomic E-state index is 2.61.